The molecule has 100 valence electrons. The van der Waals surface area contributed by atoms with Crippen LogP contribution in [0.4, 0.5) is 0 Å². The van der Waals surface area contributed by atoms with Crippen LogP contribution in [0, 0.1) is 0 Å². The maximum absolute atomic E-state index is 12.3. The number of carbonyl (C=O) groups is 1. The number of halogens is 1. The van der Waals surface area contributed by atoms with E-state index in [1.165, 1.54) is 0 Å². The topological polar surface area (TPSA) is 61.9 Å². The summed E-state index contributed by atoms with van der Waals surface area (Å²) < 4.78 is 0. The monoisotopic (exact) mass is 278 g/mol. The third-order valence-electron chi connectivity index (χ3n) is 2.74. The van der Waals surface area contributed by atoms with Crippen LogP contribution >= 0.6 is 11.6 Å². The number of pyridine rings is 1. The first-order valence-corrected chi connectivity index (χ1v) is 6.38. The summed E-state index contributed by atoms with van der Waals surface area (Å²) in [7, 11) is 1.73. The van der Waals surface area contributed by atoms with Crippen LogP contribution in [-0.2, 0) is 13.0 Å². The minimum Gasteiger partial charge on any atom is -0.347 e. The molecule has 19 heavy (non-hydrogen) atoms. The van der Waals surface area contributed by atoms with Gasteiger partial charge in [-0.05, 0) is 18.6 Å². The lowest BCUT2D eigenvalue weighted by Crippen LogP contribution is -2.27. The number of aromatic nitrogens is 3. The summed E-state index contributed by atoms with van der Waals surface area (Å²) in [5.74, 6) is 0.641. The Morgan fingerprint density at radius 1 is 1.47 bits per heavy atom. The molecule has 0 saturated carbocycles. The molecule has 5 nitrogen and oxygen atoms in total. The molecule has 2 heterocycles. The fourth-order valence-corrected chi connectivity index (χ4v) is 1.98. The highest BCUT2D eigenvalue weighted by Gasteiger charge is 2.14. The second-order valence-electron chi connectivity index (χ2n) is 4.22. The average molecular weight is 279 g/mol. The number of hydrogen-bond donors (Lipinski definition) is 1. The molecule has 2 rings (SSSR count). The van der Waals surface area contributed by atoms with Gasteiger partial charge in [0.05, 0.1) is 6.54 Å². The fraction of sp³-hybridized carbons (Fsp3) is 0.308. The zero-order valence-corrected chi connectivity index (χ0v) is 11.6. The molecule has 0 aliphatic carbocycles. The maximum atomic E-state index is 12.3. The molecular formula is C13H15ClN4O. The first kappa shape index (κ1) is 13.5. The van der Waals surface area contributed by atoms with Gasteiger partial charge in [0.2, 0.25) is 0 Å². The molecule has 0 spiro atoms. The van der Waals surface area contributed by atoms with Crippen LogP contribution in [0.3, 0.4) is 0 Å². The van der Waals surface area contributed by atoms with E-state index in [9.17, 15) is 4.79 Å². The minimum atomic E-state index is -0.101. The first-order valence-electron chi connectivity index (χ1n) is 6.00. The Kier molecular flexibility index (Phi) is 4.16. The van der Waals surface area contributed by atoms with Crippen LogP contribution in [0.2, 0.25) is 5.15 Å². The second kappa shape index (κ2) is 5.84. The Bertz CT molecular complexity index is 568. The third kappa shape index (κ3) is 3.32. The van der Waals surface area contributed by atoms with Crippen LogP contribution < -0.4 is 0 Å². The molecule has 0 aromatic carbocycles. The van der Waals surface area contributed by atoms with Gasteiger partial charge in [0.15, 0.2) is 0 Å². The molecule has 0 fully saturated rings. The van der Waals surface area contributed by atoms with E-state index in [4.69, 9.17) is 11.6 Å². The summed E-state index contributed by atoms with van der Waals surface area (Å²) in [5, 5.41) is 0.342. The van der Waals surface area contributed by atoms with Gasteiger partial charge >= 0.3 is 0 Å². The van der Waals surface area contributed by atoms with Crippen molar-refractivity contribution in [1.29, 1.82) is 0 Å². The number of rotatable bonds is 4. The largest absolute Gasteiger partial charge is 0.347 e. The number of imidazole rings is 1. The third-order valence-corrected chi connectivity index (χ3v) is 2.94. The van der Waals surface area contributed by atoms with Crippen molar-refractivity contribution < 1.29 is 4.79 Å². The molecule has 0 saturated heterocycles. The minimum absolute atomic E-state index is 0.101. The summed E-state index contributed by atoms with van der Waals surface area (Å²) in [5.41, 5.74) is 1.35. The smallest absolute Gasteiger partial charge is 0.254 e. The van der Waals surface area contributed by atoms with Gasteiger partial charge in [0, 0.05) is 30.7 Å². The molecule has 1 N–H and O–H groups in total. The number of H-pyrrole nitrogens is 1. The Morgan fingerprint density at radius 2 is 2.26 bits per heavy atom. The van der Waals surface area contributed by atoms with Gasteiger partial charge in [0.1, 0.15) is 11.0 Å². The van der Waals surface area contributed by atoms with Gasteiger partial charge in [-0.1, -0.05) is 18.5 Å². The number of hydrogen-bond acceptors (Lipinski definition) is 3. The van der Waals surface area contributed by atoms with Crippen molar-refractivity contribution in [2.24, 2.45) is 0 Å². The lowest BCUT2D eigenvalue weighted by molar-refractivity contribution is 0.0781. The van der Waals surface area contributed by atoms with Crippen molar-refractivity contribution >= 4 is 17.5 Å². The molecule has 0 aliphatic heterocycles. The van der Waals surface area contributed by atoms with E-state index in [-0.39, 0.29) is 5.91 Å². The van der Waals surface area contributed by atoms with Gasteiger partial charge in [-0.25, -0.2) is 9.97 Å². The number of aromatic amines is 1. The second-order valence-corrected chi connectivity index (χ2v) is 4.61. The van der Waals surface area contributed by atoms with E-state index < -0.39 is 0 Å². The quantitative estimate of drug-likeness (QED) is 0.873. The standard InChI is InChI=1S/C13H15ClN4O/c1-3-10-6-9(7-11(14)17-10)13(19)18(2)8-12-15-4-5-16-12/h4-7H,3,8H2,1-2H3,(H,15,16). The molecule has 2 aromatic rings. The van der Waals surface area contributed by atoms with Crippen LogP contribution in [0.15, 0.2) is 24.5 Å². The van der Waals surface area contributed by atoms with Crippen molar-refractivity contribution in [3.05, 3.63) is 46.8 Å². The summed E-state index contributed by atoms with van der Waals surface area (Å²) in [4.78, 5) is 25.1. The molecule has 6 heteroatoms. The van der Waals surface area contributed by atoms with E-state index in [1.807, 2.05) is 6.92 Å². The number of nitrogens with one attached hydrogen (secondary N) is 1. The predicted molar refractivity (Wildman–Crippen MR) is 73.0 cm³/mol. The zero-order valence-electron chi connectivity index (χ0n) is 10.9. The van der Waals surface area contributed by atoms with Crippen molar-refractivity contribution in [2.45, 2.75) is 19.9 Å². The van der Waals surface area contributed by atoms with E-state index in [2.05, 4.69) is 15.0 Å². The highest BCUT2D eigenvalue weighted by Crippen LogP contribution is 2.14. The SMILES string of the molecule is CCc1cc(C(=O)N(C)Cc2ncc[nH]2)cc(Cl)n1. The summed E-state index contributed by atoms with van der Waals surface area (Å²) in [6.07, 6.45) is 4.13. The average Bonchev–Trinajstić information content (AvgIpc) is 2.89. The molecule has 0 radical (unpaired) electrons. The zero-order chi connectivity index (χ0) is 13.8. The van der Waals surface area contributed by atoms with Crippen molar-refractivity contribution in [2.75, 3.05) is 7.05 Å². The fourth-order valence-electron chi connectivity index (χ4n) is 1.76. The molecule has 0 aliphatic rings. The van der Waals surface area contributed by atoms with Gasteiger partial charge in [-0.3, -0.25) is 4.79 Å². The molecule has 0 unspecified atom stereocenters. The van der Waals surface area contributed by atoms with E-state index in [1.54, 1.807) is 36.5 Å². The lowest BCUT2D eigenvalue weighted by Gasteiger charge is -2.16. The number of amides is 1. The highest BCUT2D eigenvalue weighted by molar-refractivity contribution is 6.29. The Morgan fingerprint density at radius 3 is 2.89 bits per heavy atom. The summed E-state index contributed by atoms with van der Waals surface area (Å²) >= 11 is 5.92. The summed E-state index contributed by atoms with van der Waals surface area (Å²) in [6, 6.07) is 3.36. The molecular weight excluding hydrogens is 264 g/mol. The van der Waals surface area contributed by atoms with Crippen LogP contribution in [0.5, 0.6) is 0 Å². The van der Waals surface area contributed by atoms with E-state index in [0.717, 1.165) is 17.9 Å². The van der Waals surface area contributed by atoms with Gasteiger partial charge < -0.3 is 9.88 Å². The van der Waals surface area contributed by atoms with Crippen molar-refractivity contribution in [3.8, 4) is 0 Å². The highest BCUT2D eigenvalue weighted by atomic mass is 35.5. The first-order chi connectivity index (χ1) is 9.10. The molecule has 0 atom stereocenters. The predicted octanol–water partition coefficient (Wildman–Crippen LogP) is 2.29. The number of carbonyl (C=O) groups excluding carboxylic acids is 1. The number of aryl methyl sites for hydroxylation is 1. The Balaban J connectivity index is 2.16. The van der Waals surface area contributed by atoms with Gasteiger partial charge in [-0.15, -0.1) is 0 Å². The van der Waals surface area contributed by atoms with E-state index >= 15 is 0 Å². The summed E-state index contributed by atoms with van der Waals surface area (Å²) in [6.45, 7) is 2.40. The molecule has 2 aromatic heterocycles. The van der Waals surface area contributed by atoms with E-state index in [0.29, 0.717) is 17.3 Å². The van der Waals surface area contributed by atoms with Crippen LogP contribution in [0.1, 0.15) is 28.8 Å². The van der Waals surface area contributed by atoms with Crippen LogP contribution in [0.25, 0.3) is 0 Å². The Labute approximate surface area is 116 Å². The van der Waals surface area contributed by atoms with Crippen LogP contribution in [-0.4, -0.2) is 32.8 Å². The maximum Gasteiger partial charge on any atom is 0.254 e. The number of nitrogens with zero attached hydrogens (tertiary/aromatic N) is 3. The Hall–Kier alpha value is -1.88. The molecule has 1 amide bonds. The normalized spacial score (nSPS) is 10.5. The van der Waals surface area contributed by atoms with Gasteiger partial charge in [0.25, 0.3) is 5.91 Å². The molecule has 0 bridgehead atoms. The lowest BCUT2D eigenvalue weighted by atomic mass is 10.2. The van der Waals surface area contributed by atoms with Gasteiger partial charge in [-0.2, -0.15) is 0 Å². The van der Waals surface area contributed by atoms with Crippen molar-refractivity contribution in [1.82, 2.24) is 19.9 Å². The van der Waals surface area contributed by atoms with Crippen molar-refractivity contribution in [3.63, 3.8) is 0 Å².